The van der Waals surface area contributed by atoms with Crippen LogP contribution in [-0.4, -0.2) is 86.9 Å². The number of thiol groups is 1. The van der Waals surface area contributed by atoms with Crippen LogP contribution in [0.2, 0.25) is 0 Å². The number of amides is 2. The van der Waals surface area contributed by atoms with Crippen molar-refractivity contribution in [2.24, 2.45) is 0 Å². The molecule has 2 atom stereocenters. The first-order chi connectivity index (χ1) is 19.4. The minimum Gasteiger partial charge on any atom is -0.344 e. The normalized spacial score (nSPS) is 13.6. The van der Waals surface area contributed by atoms with E-state index < -0.39 is 49.9 Å². The lowest BCUT2D eigenvalue weighted by molar-refractivity contribution is -0.129. The number of unbranched alkanes of at least 4 members (excludes halogenated alkanes) is 12. The zero-order valence-electron chi connectivity index (χ0n) is 24.6. The molecule has 0 radical (unpaired) electrons. The molecule has 0 aliphatic carbocycles. The molecule has 0 heterocycles. The maximum Gasteiger partial charge on any atom is 0.266 e. The Bertz CT molecular complexity index is 864. The standard InChI is InChI=1S/C26H54N4O8S3/c1-2-3-4-5-6-7-8-9-10-11-12-13-14-16-25(31)29-23(22-39)26(32)30-24(21-27-18-20-41(36,37)38)28-17-15-19-40(33,34)35/h23-24,27-28,39H,2-22H2,1H3,(H,29,31)(H,30,32)(H,33,34,35)(H,36,37,38). The van der Waals surface area contributed by atoms with E-state index in [1.165, 1.54) is 57.8 Å². The van der Waals surface area contributed by atoms with Gasteiger partial charge in [0.05, 0.1) is 17.7 Å². The van der Waals surface area contributed by atoms with Crippen molar-refractivity contribution in [3.63, 3.8) is 0 Å². The van der Waals surface area contributed by atoms with Crippen molar-refractivity contribution in [2.45, 2.75) is 115 Å². The molecule has 244 valence electrons. The molecular weight excluding hydrogens is 593 g/mol. The van der Waals surface area contributed by atoms with E-state index in [0.29, 0.717) is 6.42 Å². The van der Waals surface area contributed by atoms with Crippen LogP contribution in [0.3, 0.4) is 0 Å². The minimum atomic E-state index is -4.16. The number of carbonyl (C=O) groups excluding carboxylic acids is 2. The lowest BCUT2D eigenvalue weighted by Gasteiger charge is -2.24. The fourth-order valence-electron chi connectivity index (χ4n) is 4.19. The largest absolute Gasteiger partial charge is 0.344 e. The SMILES string of the molecule is CCCCCCCCCCCCCCCC(=O)NC(CS)C(=O)NC(CNCCS(=O)(=O)O)NCCCS(=O)(=O)O. The summed E-state index contributed by atoms with van der Waals surface area (Å²) in [7, 11) is -8.29. The highest BCUT2D eigenvalue weighted by molar-refractivity contribution is 7.86. The van der Waals surface area contributed by atoms with E-state index in [1.54, 1.807) is 0 Å². The highest BCUT2D eigenvalue weighted by Gasteiger charge is 2.22. The monoisotopic (exact) mass is 646 g/mol. The van der Waals surface area contributed by atoms with Gasteiger partial charge in [0.25, 0.3) is 20.2 Å². The molecular formula is C26H54N4O8S3. The van der Waals surface area contributed by atoms with Gasteiger partial charge in [0.1, 0.15) is 6.04 Å². The average Bonchev–Trinajstić information content (AvgIpc) is 2.88. The summed E-state index contributed by atoms with van der Waals surface area (Å²) < 4.78 is 61.4. The Kier molecular flexibility index (Phi) is 23.9. The fraction of sp³-hybridized carbons (Fsp3) is 0.923. The zero-order chi connectivity index (χ0) is 31.0. The molecule has 0 saturated carbocycles. The van der Waals surface area contributed by atoms with Gasteiger partial charge < -0.3 is 16.0 Å². The second kappa shape index (κ2) is 24.5. The molecule has 0 aromatic carbocycles. The van der Waals surface area contributed by atoms with Crippen molar-refractivity contribution in [1.82, 2.24) is 21.3 Å². The quantitative estimate of drug-likeness (QED) is 0.0288. The van der Waals surface area contributed by atoms with Gasteiger partial charge in [0, 0.05) is 25.3 Å². The molecule has 2 unspecified atom stereocenters. The van der Waals surface area contributed by atoms with Gasteiger partial charge in [-0.2, -0.15) is 29.5 Å². The summed E-state index contributed by atoms with van der Waals surface area (Å²) in [5.74, 6) is -1.69. The summed E-state index contributed by atoms with van der Waals surface area (Å²) >= 11 is 4.18. The van der Waals surface area contributed by atoms with Crippen molar-refractivity contribution in [1.29, 1.82) is 0 Å². The maximum absolute atomic E-state index is 12.8. The summed E-state index contributed by atoms with van der Waals surface area (Å²) in [6, 6.07) is -0.896. The predicted molar refractivity (Wildman–Crippen MR) is 166 cm³/mol. The molecule has 0 aliphatic heterocycles. The molecule has 0 aromatic rings. The van der Waals surface area contributed by atoms with Crippen LogP contribution in [-0.2, 0) is 29.8 Å². The second-order valence-corrected chi connectivity index (χ2v) is 13.9. The Morgan fingerprint density at radius 3 is 1.71 bits per heavy atom. The summed E-state index contributed by atoms with van der Waals surface area (Å²) in [6.45, 7) is 2.33. The van der Waals surface area contributed by atoms with E-state index in [-0.39, 0.29) is 37.7 Å². The molecule has 0 fully saturated rings. The molecule has 15 heteroatoms. The number of rotatable bonds is 28. The summed E-state index contributed by atoms with van der Waals surface area (Å²) in [5, 5.41) is 11.1. The molecule has 6 N–H and O–H groups in total. The highest BCUT2D eigenvalue weighted by Crippen LogP contribution is 2.13. The van der Waals surface area contributed by atoms with Gasteiger partial charge in [0.2, 0.25) is 11.8 Å². The number of nitrogens with one attached hydrogen (secondary N) is 4. The molecule has 0 aliphatic rings. The fourth-order valence-corrected chi connectivity index (χ4v) is 5.36. The van der Waals surface area contributed by atoms with Gasteiger partial charge in [-0.25, -0.2) is 0 Å². The first-order valence-electron chi connectivity index (χ1n) is 14.9. The molecule has 0 bridgehead atoms. The van der Waals surface area contributed by atoms with Crippen molar-refractivity contribution < 1.29 is 35.5 Å². The molecule has 41 heavy (non-hydrogen) atoms. The predicted octanol–water partition coefficient (Wildman–Crippen LogP) is 2.67. The van der Waals surface area contributed by atoms with Crippen LogP contribution >= 0.6 is 12.6 Å². The van der Waals surface area contributed by atoms with Gasteiger partial charge in [-0.15, -0.1) is 0 Å². The van der Waals surface area contributed by atoms with E-state index in [9.17, 15) is 26.4 Å². The number of hydrogen-bond acceptors (Lipinski definition) is 9. The highest BCUT2D eigenvalue weighted by atomic mass is 32.2. The number of carbonyl (C=O) groups is 2. The third-order valence-electron chi connectivity index (χ3n) is 6.51. The van der Waals surface area contributed by atoms with Crippen molar-refractivity contribution >= 4 is 44.7 Å². The third kappa shape index (κ3) is 27.6. The summed E-state index contributed by atoms with van der Waals surface area (Å²) in [5.41, 5.74) is 0. The molecule has 12 nitrogen and oxygen atoms in total. The second-order valence-electron chi connectivity index (χ2n) is 10.4. The topological polar surface area (TPSA) is 191 Å². The van der Waals surface area contributed by atoms with Gasteiger partial charge in [-0.1, -0.05) is 84.0 Å². The van der Waals surface area contributed by atoms with Crippen LogP contribution in [0, 0.1) is 0 Å². The van der Waals surface area contributed by atoms with Crippen LogP contribution in [0.5, 0.6) is 0 Å². The Hall–Kier alpha value is -0.970. The minimum absolute atomic E-state index is 0.0549. The Balaban J connectivity index is 4.35. The van der Waals surface area contributed by atoms with E-state index >= 15 is 0 Å². The van der Waals surface area contributed by atoms with E-state index in [2.05, 4.69) is 40.8 Å². The van der Waals surface area contributed by atoms with Gasteiger partial charge >= 0.3 is 0 Å². The molecule has 2 amide bonds. The molecule has 0 saturated heterocycles. The van der Waals surface area contributed by atoms with Gasteiger partial charge in [-0.3, -0.25) is 24.0 Å². The van der Waals surface area contributed by atoms with E-state index in [1.807, 2.05) is 0 Å². The third-order valence-corrected chi connectivity index (χ3v) is 8.40. The summed E-state index contributed by atoms with van der Waals surface area (Å²) in [4.78, 5) is 25.2. The maximum atomic E-state index is 12.8. The van der Waals surface area contributed by atoms with Crippen molar-refractivity contribution in [2.75, 3.05) is 36.9 Å². The first-order valence-corrected chi connectivity index (χ1v) is 18.8. The number of hydrogen-bond donors (Lipinski definition) is 7. The van der Waals surface area contributed by atoms with Crippen LogP contribution in [0.1, 0.15) is 103 Å². The van der Waals surface area contributed by atoms with Gasteiger partial charge in [0.15, 0.2) is 0 Å². The average molecular weight is 647 g/mol. The lowest BCUT2D eigenvalue weighted by atomic mass is 10.0. The first kappa shape index (κ1) is 40.0. The Morgan fingerprint density at radius 1 is 0.707 bits per heavy atom. The molecule has 0 spiro atoms. The summed E-state index contributed by atoms with van der Waals surface area (Å²) in [6.07, 6.45) is 15.3. The zero-order valence-corrected chi connectivity index (χ0v) is 27.1. The molecule has 0 aromatic heterocycles. The lowest BCUT2D eigenvalue weighted by Crippen LogP contribution is -2.57. The van der Waals surface area contributed by atoms with E-state index in [4.69, 9.17) is 9.11 Å². The van der Waals surface area contributed by atoms with Crippen LogP contribution in [0.4, 0.5) is 0 Å². The van der Waals surface area contributed by atoms with Crippen molar-refractivity contribution in [3.8, 4) is 0 Å². The van der Waals surface area contributed by atoms with Gasteiger partial charge in [-0.05, 0) is 19.4 Å². The Labute approximate surface area is 253 Å². The van der Waals surface area contributed by atoms with Crippen LogP contribution in [0.25, 0.3) is 0 Å². The van der Waals surface area contributed by atoms with Crippen LogP contribution in [0.15, 0.2) is 0 Å². The molecule has 0 rings (SSSR count). The Morgan fingerprint density at radius 2 is 1.22 bits per heavy atom. The van der Waals surface area contributed by atoms with Crippen molar-refractivity contribution in [3.05, 3.63) is 0 Å². The van der Waals surface area contributed by atoms with E-state index in [0.717, 1.165) is 25.7 Å². The van der Waals surface area contributed by atoms with Crippen LogP contribution < -0.4 is 21.3 Å². The smallest absolute Gasteiger partial charge is 0.266 e.